The zero-order chi connectivity index (χ0) is 25.2. The first kappa shape index (κ1) is 26.7. The number of carbonyl (C=O) groups is 2. The second kappa shape index (κ2) is 9.77. The molecule has 0 saturated heterocycles. The summed E-state index contributed by atoms with van der Waals surface area (Å²) >= 11 is 0. The zero-order valence-electron chi connectivity index (χ0n) is 20.5. The van der Waals surface area contributed by atoms with Crippen molar-refractivity contribution >= 4 is 36.3 Å². The molecule has 184 valence electrons. The summed E-state index contributed by atoms with van der Waals surface area (Å²) in [7, 11) is -2.36. The van der Waals surface area contributed by atoms with Crippen LogP contribution in [0.25, 0.3) is 11.2 Å². The van der Waals surface area contributed by atoms with Crippen LogP contribution in [-0.2, 0) is 20.6 Å². The van der Waals surface area contributed by atoms with Gasteiger partial charge >= 0.3 is 12.2 Å². The van der Waals surface area contributed by atoms with Crippen molar-refractivity contribution in [1.82, 2.24) is 19.5 Å². The molecular formula is C21H34N5O6P. The fourth-order valence-electron chi connectivity index (χ4n) is 2.95. The molecule has 0 aliphatic heterocycles. The molecule has 1 atom stereocenters. The summed E-state index contributed by atoms with van der Waals surface area (Å²) in [6.45, 7) is 13.7. The van der Waals surface area contributed by atoms with E-state index in [4.69, 9.17) is 9.47 Å². The summed E-state index contributed by atoms with van der Waals surface area (Å²) in [6.07, 6.45) is 0.579. The monoisotopic (exact) mass is 483 g/mol. The highest BCUT2D eigenvalue weighted by molar-refractivity contribution is 7.62. The largest absolute Gasteiger partial charge is 0.443 e. The summed E-state index contributed by atoms with van der Waals surface area (Å²) in [5.41, 5.74) is -1.17. The third kappa shape index (κ3) is 8.08. The Morgan fingerprint density at radius 1 is 1.06 bits per heavy atom. The van der Waals surface area contributed by atoms with E-state index in [0.29, 0.717) is 23.5 Å². The number of carbonyl (C=O) groups excluding carboxylic acids is 2. The van der Waals surface area contributed by atoms with Crippen LogP contribution in [0.15, 0.2) is 12.7 Å². The van der Waals surface area contributed by atoms with Gasteiger partial charge in [-0.05, 0) is 61.3 Å². The summed E-state index contributed by atoms with van der Waals surface area (Å²) in [6, 6.07) is 0. The number of rotatable bonds is 6. The number of hydrogen-bond donors (Lipinski definition) is 1. The van der Waals surface area contributed by atoms with Crippen molar-refractivity contribution in [2.24, 2.45) is 0 Å². The Balaban J connectivity index is 2.41. The van der Waals surface area contributed by atoms with Crippen molar-refractivity contribution in [1.29, 1.82) is 0 Å². The second-order valence-corrected chi connectivity index (χ2v) is 13.8. The third-order valence-corrected chi connectivity index (χ3v) is 5.40. The number of imide groups is 1. The number of fused-ring (bicyclic) bond motifs is 1. The highest BCUT2D eigenvalue weighted by Gasteiger charge is 2.35. The van der Waals surface area contributed by atoms with Gasteiger partial charge in [-0.1, -0.05) is 0 Å². The Kier molecular flexibility index (Phi) is 7.91. The molecule has 2 aromatic heterocycles. The quantitative estimate of drug-likeness (QED) is 0.607. The summed E-state index contributed by atoms with van der Waals surface area (Å²) < 4.78 is 24.4. The predicted octanol–water partition coefficient (Wildman–Crippen LogP) is 3.88. The number of aromatic nitrogens is 4. The highest BCUT2D eigenvalue weighted by atomic mass is 31.2. The van der Waals surface area contributed by atoms with Gasteiger partial charge in [0.1, 0.15) is 17.5 Å². The van der Waals surface area contributed by atoms with Gasteiger partial charge in [0.05, 0.1) is 19.6 Å². The van der Waals surface area contributed by atoms with Crippen LogP contribution in [0.2, 0.25) is 0 Å². The standard InChI is InChI=1S/C21H34N5O6P/c1-20(2,3)31-18(28)26(19(29)32-21(4,5)6)17-15-16(22-12-23-17)25(13-24-15)10-9-14(27)11-33(7,8)30/h12-14,27H,9-11H2,1-8H3/t14-/m0/s1. The average Bonchev–Trinajstić information content (AvgIpc) is 2.99. The van der Waals surface area contributed by atoms with E-state index >= 15 is 0 Å². The summed E-state index contributed by atoms with van der Waals surface area (Å²) in [5.74, 6) is -0.0746. The maximum Gasteiger partial charge on any atom is 0.425 e. The molecule has 2 rings (SSSR count). The molecule has 33 heavy (non-hydrogen) atoms. The van der Waals surface area contributed by atoms with Crippen molar-refractivity contribution in [2.45, 2.75) is 71.8 Å². The van der Waals surface area contributed by atoms with Crippen LogP contribution in [0.1, 0.15) is 48.0 Å². The molecule has 2 amide bonds. The maximum absolute atomic E-state index is 12.9. The smallest absolute Gasteiger partial charge is 0.425 e. The van der Waals surface area contributed by atoms with Gasteiger partial charge in [0.2, 0.25) is 0 Å². The zero-order valence-corrected chi connectivity index (χ0v) is 21.4. The van der Waals surface area contributed by atoms with Crippen LogP contribution in [0, 0.1) is 0 Å². The number of ether oxygens (including phenoxy) is 2. The molecule has 0 saturated carbocycles. The Bertz CT molecular complexity index is 1020. The number of amides is 2. The number of aliphatic hydroxyl groups is 1. The fraction of sp³-hybridized carbons (Fsp3) is 0.667. The molecule has 1 N–H and O–H groups in total. The van der Waals surface area contributed by atoms with Gasteiger partial charge in [-0.3, -0.25) is 0 Å². The minimum absolute atomic E-state index is 0.0746. The molecule has 0 bridgehead atoms. The van der Waals surface area contributed by atoms with Crippen LogP contribution >= 0.6 is 7.14 Å². The van der Waals surface area contributed by atoms with E-state index < -0.39 is 36.6 Å². The van der Waals surface area contributed by atoms with Crippen molar-refractivity contribution in [3.05, 3.63) is 12.7 Å². The lowest BCUT2D eigenvalue weighted by Gasteiger charge is -2.28. The highest BCUT2D eigenvalue weighted by Crippen LogP contribution is 2.37. The molecule has 2 heterocycles. The van der Waals surface area contributed by atoms with Crippen LogP contribution in [-0.4, -0.2) is 73.6 Å². The molecule has 11 nitrogen and oxygen atoms in total. The topological polar surface area (TPSA) is 137 Å². The lowest BCUT2D eigenvalue weighted by atomic mass is 10.2. The number of nitrogens with zero attached hydrogens (tertiary/aromatic N) is 5. The Morgan fingerprint density at radius 2 is 1.61 bits per heavy atom. The van der Waals surface area contributed by atoms with Gasteiger partial charge in [0, 0.05) is 12.7 Å². The van der Waals surface area contributed by atoms with E-state index in [0.717, 1.165) is 0 Å². The number of anilines is 1. The SMILES string of the molecule is CC(C)(C)OC(=O)N(C(=O)OC(C)(C)C)c1ncnc2c1ncn2CC[C@H](O)CP(C)(C)=O. The van der Waals surface area contributed by atoms with Crippen LogP contribution < -0.4 is 4.90 Å². The van der Waals surface area contributed by atoms with Gasteiger partial charge in [-0.2, -0.15) is 4.90 Å². The molecule has 0 aromatic carbocycles. The molecule has 0 fully saturated rings. The summed E-state index contributed by atoms with van der Waals surface area (Å²) in [4.78, 5) is 39.2. The van der Waals surface area contributed by atoms with E-state index in [9.17, 15) is 19.3 Å². The Labute approximate surface area is 193 Å². The predicted molar refractivity (Wildman–Crippen MR) is 125 cm³/mol. The number of imidazole rings is 1. The van der Waals surface area contributed by atoms with Crippen molar-refractivity contribution in [3.63, 3.8) is 0 Å². The molecule has 0 unspecified atom stereocenters. The van der Waals surface area contributed by atoms with Crippen molar-refractivity contribution in [2.75, 3.05) is 24.4 Å². The van der Waals surface area contributed by atoms with E-state index in [1.54, 1.807) is 59.4 Å². The number of aliphatic hydroxyl groups excluding tert-OH is 1. The molecule has 12 heteroatoms. The summed E-state index contributed by atoms with van der Waals surface area (Å²) in [5, 5.41) is 10.2. The molecule has 2 aromatic rings. The number of aryl methyl sites for hydroxylation is 1. The van der Waals surface area contributed by atoms with Crippen molar-refractivity contribution in [3.8, 4) is 0 Å². The van der Waals surface area contributed by atoms with Crippen LogP contribution in [0.4, 0.5) is 15.4 Å². The van der Waals surface area contributed by atoms with Gasteiger partial charge in [0.25, 0.3) is 0 Å². The molecule has 0 aliphatic rings. The van der Waals surface area contributed by atoms with Crippen molar-refractivity contribution < 1.29 is 28.7 Å². The second-order valence-electron chi connectivity index (χ2n) is 10.3. The average molecular weight is 484 g/mol. The molecule has 0 radical (unpaired) electrons. The molecular weight excluding hydrogens is 449 g/mol. The van der Waals surface area contributed by atoms with Gasteiger partial charge in [-0.15, -0.1) is 0 Å². The number of hydrogen-bond acceptors (Lipinski definition) is 9. The first-order valence-electron chi connectivity index (χ1n) is 10.6. The molecule has 0 aliphatic carbocycles. The van der Waals surface area contributed by atoms with Crippen LogP contribution in [0.3, 0.4) is 0 Å². The molecule has 0 spiro atoms. The van der Waals surface area contributed by atoms with E-state index in [1.165, 1.54) is 12.7 Å². The Morgan fingerprint density at radius 3 is 2.09 bits per heavy atom. The first-order chi connectivity index (χ1) is 15.0. The van der Waals surface area contributed by atoms with E-state index in [1.807, 2.05) is 0 Å². The maximum atomic E-state index is 12.9. The minimum Gasteiger partial charge on any atom is -0.443 e. The van der Waals surface area contributed by atoms with E-state index in [-0.39, 0.29) is 17.5 Å². The van der Waals surface area contributed by atoms with Gasteiger partial charge in [0.15, 0.2) is 17.0 Å². The lowest BCUT2D eigenvalue weighted by Crippen LogP contribution is -2.44. The van der Waals surface area contributed by atoms with Crippen LogP contribution in [0.5, 0.6) is 0 Å². The third-order valence-electron chi connectivity index (χ3n) is 4.10. The van der Waals surface area contributed by atoms with E-state index in [2.05, 4.69) is 15.0 Å². The van der Waals surface area contributed by atoms with Gasteiger partial charge < -0.3 is 23.7 Å². The normalized spacial score (nSPS) is 13.6. The minimum atomic E-state index is -2.36. The fourth-order valence-corrected chi connectivity index (χ4v) is 4.14. The lowest BCUT2D eigenvalue weighted by molar-refractivity contribution is 0.0429. The van der Waals surface area contributed by atoms with Gasteiger partial charge in [-0.25, -0.2) is 24.5 Å². The first-order valence-corrected chi connectivity index (χ1v) is 13.4. The Hall–Kier alpha value is -2.52.